The van der Waals surface area contributed by atoms with Crippen LogP contribution in [-0.4, -0.2) is 47.7 Å². The van der Waals surface area contributed by atoms with Crippen molar-refractivity contribution in [3.63, 3.8) is 0 Å². The van der Waals surface area contributed by atoms with Crippen LogP contribution in [0.2, 0.25) is 0 Å². The predicted molar refractivity (Wildman–Crippen MR) is 83.3 cm³/mol. The smallest absolute Gasteiger partial charge is 0.328 e. The van der Waals surface area contributed by atoms with Crippen LogP contribution >= 0.6 is 0 Å². The van der Waals surface area contributed by atoms with Gasteiger partial charge >= 0.3 is 5.97 Å². The zero-order valence-corrected chi connectivity index (χ0v) is 13.2. The van der Waals surface area contributed by atoms with Crippen LogP contribution in [0.3, 0.4) is 0 Å². The molecule has 6 nitrogen and oxygen atoms in total. The van der Waals surface area contributed by atoms with Crippen molar-refractivity contribution in [3.8, 4) is 0 Å². The molecule has 2 heterocycles. The second kappa shape index (κ2) is 6.04. The summed E-state index contributed by atoms with van der Waals surface area (Å²) >= 11 is 0. The minimum absolute atomic E-state index is 0.0332. The summed E-state index contributed by atoms with van der Waals surface area (Å²) in [5.74, 6) is -1.26. The summed E-state index contributed by atoms with van der Waals surface area (Å²) in [5.41, 5.74) is 3.74. The molecular formula is C17H19NO5. The summed E-state index contributed by atoms with van der Waals surface area (Å²) in [6.45, 7) is 4.68. The first-order valence-corrected chi connectivity index (χ1v) is 7.55. The zero-order valence-electron chi connectivity index (χ0n) is 13.2. The lowest BCUT2D eigenvalue weighted by Gasteiger charge is -2.32. The summed E-state index contributed by atoms with van der Waals surface area (Å²) in [4.78, 5) is 25.2. The third-order valence-corrected chi connectivity index (χ3v) is 4.42. The lowest BCUT2D eigenvalue weighted by atomic mass is 10.0. The molecule has 0 unspecified atom stereocenters. The van der Waals surface area contributed by atoms with Crippen LogP contribution in [0.15, 0.2) is 22.8 Å². The second-order valence-electron chi connectivity index (χ2n) is 5.84. The Morgan fingerprint density at radius 3 is 2.87 bits per heavy atom. The Bertz CT molecular complexity index is 764. The molecule has 0 radical (unpaired) electrons. The number of fused-ring (bicyclic) bond motifs is 1. The number of ether oxygens (including phenoxy) is 1. The highest BCUT2D eigenvalue weighted by Gasteiger charge is 2.32. The first kappa shape index (κ1) is 15.6. The van der Waals surface area contributed by atoms with Crippen molar-refractivity contribution in [1.82, 2.24) is 4.90 Å². The fraction of sp³-hybridized carbons (Fsp3) is 0.412. The van der Waals surface area contributed by atoms with Gasteiger partial charge in [-0.2, -0.15) is 0 Å². The number of furan rings is 1. The molecule has 0 spiro atoms. The van der Waals surface area contributed by atoms with Gasteiger partial charge in [0.2, 0.25) is 5.91 Å². The maximum atomic E-state index is 12.5. The van der Waals surface area contributed by atoms with E-state index >= 15 is 0 Å². The highest BCUT2D eigenvalue weighted by Crippen LogP contribution is 2.27. The topological polar surface area (TPSA) is 80.0 Å². The summed E-state index contributed by atoms with van der Waals surface area (Å²) in [6.07, 6.45) is 1.71. The van der Waals surface area contributed by atoms with E-state index in [1.807, 2.05) is 26.0 Å². The van der Waals surface area contributed by atoms with E-state index in [9.17, 15) is 14.7 Å². The van der Waals surface area contributed by atoms with Gasteiger partial charge in [-0.25, -0.2) is 4.79 Å². The first-order chi connectivity index (χ1) is 11.0. The fourth-order valence-electron chi connectivity index (χ4n) is 2.90. The quantitative estimate of drug-likeness (QED) is 0.935. The normalized spacial score (nSPS) is 18.3. The Labute approximate surface area is 133 Å². The van der Waals surface area contributed by atoms with Crippen LogP contribution in [0.5, 0.6) is 0 Å². The number of nitrogens with zero attached hydrogens (tertiary/aromatic N) is 1. The van der Waals surface area contributed by atoms with Gasteiger partial charge in [0.15, 0.2) is 6.04 Å². The van der Waals surface area contributed by atoms with Gasteiger partial charge < -0.3 is 19.2 Å². The fourth-order valence-corrected chi connectivity index (χ4v) is 2.90. The van der Waals surface area contributed by atoms with Gasteiger partial charge in [-0.05, 0) is 25.0 Å². The lowest BCUT2D eigenvalue weighted by Crippen LogP contribution is -2.53. The van der Waals surface area contributed by atoms with E-state index < -0.39 is 12.0 Å². The Balaban J connectivity index is 1.85. The van der Waals surface area contributed by atoms with Gasteiger partial charge in [0.25, 0.3) is 0 Å². The van der Waals surface area contributed by atoms with Gasteiger partial charge in [-0.15, -0.1) is 0 Å². The Morgan fingerprint density at radius 1 is 1.35 bits per heavy atom. The van der Waals surface area contributed by atoms with Crippen LogP contribution in [0.1, 0.15) is 16.7 Å². The number of morpholine rings is 1. The third kappa shape index (κ3) is 2.82. The molecule has 1 fully saturated rings. The Morgan fingerprint density at radius 2 is 2.13 bits per heavy atom. The van der Waals surface area contributed by atoms with Gasteiger partial charge in [0, 0.05) is 17.5 Å². The number of benzene rings is 1. The molecule has 1 aromatic heterocycles. The molecule has 0 saturated carbocycles. The number of carbonyl (C=O) groups is 2. The third-order valence-electron chi connectivity index (χ3n) is 4.42. The minimum Gasteiger partial charge on any atom is -0.480 e. The number of rotatable bonds is 3. The van der Waals surface area contributed by atoms with Gasteiger partial charge in [-0.1, -0.05) is 12.1 Å². The van der Waals surface area contributed by atoms with Crippen LogP contribution in [-0.2, 0) is 20.7 Å². The summed E-state index contributed by atoms with van der Waals surface area (Å²) in [7, 11) is 0. The zero-order chi connectivity index (χ0) is 16.6. The average Bonchev–Trinajstić information content (AvgIpc) is 2.94. The van der Waals surface area contributed by atoms with Crippen molar-refractivity contribution in [2.75, 3.05) is 19.8 Å². The highest BCUT2D eigenvalue weighted by atomic mass is 16.5. The molecule has 1 aromatic carbocycles. The largest absolute Gasteiger partial charge is 0.480 e. The standard InChI is InChI=1S/C17H19NO5/c1-10-3-4-13-12(8-23-16(13)11(10)2)7-15(19)18-5-6-22-9-14(18)17(20)21/h3-4,8,14H,5-7,9H2,1-2H3,(H,20,21)/t14-/m0/s1. The van der Waals surface area contributed by atoms with Gasteiger partial charge in [0.05, 0.1) is 25.9 Å². The number of amides is 1. The Hall–Kier alpha value is -2.34. The summed E-state index contributed by atoms with van der Waals surface area (Å²) in [6, 6.07) is 3.02. The van der Waals surface area contributed by atoms with Crippen LogP contribution in [0.4, 0.5) is 0 Å². The monoisotopic (exact) mass is 317 g/mol. The van der Waals surface area contributed by atoms with Crippen LogP contribution in [0.25, 0.3) is 11.0 Å². The molecule has 0 bridgehead atoms. The molecule has 2 aromatic rings. The maximum absolute atomic E-state index is 12.5. The number of carboxylic acids is 1. The van der Waals surface area contributed by atoms with Gasteiger partial charge in [0.1, 0.15) is 5.58 Å². The molecule has 6 heteroatoms. The number of aliphatic carboxylic acids is 1. The molecule has 1 saturated heterocycles. The maximum Gasteiger partial charge on any atom is 0.328 e. The summed E-state index contributed by atoms with van der Waals surface area (Å²) in [5, 5.41) is 10.1. The molecule has 122 valence electrons. The number of hydrogen-bond acceptors (Lipinski definition) is 4. The minimum atomic E-state index is -1.04. The molecule has 1 aliphatic heterocycles. The molecule has 3 rings (SSSR count). The molecule has 1 aliphatic rings. The molecule has 1 N–H and O–H groups in total. The lowest BCUT2D eigenvalue weighted by molar-refractivity contribution is -0.157. The van der Waals surface area contributed by atoms with Crippen molar-refractivity contribution >= 4 is 22.8 Å². The van der Waals surface area contributed by atoms with Crippen LogP contribution < -0.4 is 0 Å². The average molecular weight is 317 g/mol. The second-order valence-corrected chi connectivity index (χ2v) is 5.84. The molecule has 1 amide bonds. The van der Waals surface area contributed by atoms with E-state index in [0.29, 0.717) is 13.2 Å². The molecule has 1 atom stereocenters. The molecular weight excluding hydrogens is 298 g/mol. The first-order valence-electron chi connectivity index (χ1n) is 7.55. The van der Waals surface area contributed by atoms with Crippen LogP contribution in [0, 0.1) is 13.8 Å². The SMILES string of the molecule is Cc1ccc2c(CC(=O)N3CCOC[C@H]3C(=O)O)coc2c1C. The van der Waals surface area contributed by atoms with Crippen molar-refractivity contribution in [1.29, 1.82) is 0 Å². The van der Waals surface area contributed by atoms with E-state index in [0.717, 1.165) is 27.7 Å². The number of hydrogen-bond donors (Lipinski definition) is 1. The number of aryl methyl sites for hydroxylation is 2. The molecule has 23 heavy (non-hydrogen) atoms. The van der Waals surface area contributed by atoms with Crippen molar-refractivity contribution in [2.24, 2.45) is 0 Å². The highest BCUT2D eigenvalue weighted by molar-refractivity contribution is 5.91. The summed E-state index contributed by atoms with van der Waals surface area (Å²) < 4.78 is 10.8. The van der Waals surface area contributed by atoms with E-state index in [4.69, 9.17) is 9.15 Å². The van der Waals surface area contributed by atoms with Crippen molar-refractivity contribution in [2.45, 2.75) is 26.3 Å². The van der Waals surface area contributed by atoms with Crippen molar-refractivity contribution in [3.05, 3.63) is 35.1 Å². The molecule has 0 aliphatic carbocycles. The van der Waals surface area contributed by atoms with Gasteiger partial charge in [-0.3, -0.25) is 4.79 Å². The van der Waals surface area contributed by atoms with E-state index in [-0.39, 0.29) is 18.9 Å². The predicted octanol–water partition coefficient (Wildman–Crippen LogP) is 1.90. The van der Waals surface area contributed by atoms with Crippen molar-refractivity contribution < 1.29 is 23.8 Å². The number of carbonyl (C=O) groups excluding carboxylic acids is 1. The van der Waals surface area contributed by atoms with E-state index in [1.165, 1.54) is 4.90 Å². The van der Waals surface area contributed by atoms with E-state index in [2.05, 4.69) is 0 Å². The number of carboxylic acid groups (broad SMARTS) is 1. The Kier molecular flexibility index (Phi) is 4.09. The van der Waals surface area contributed by atoms with E-state index in [1.54, 1.807) is 6.26 Å².